The Bertz CT molecular complexity index is 849. The number of halogens is 1. The summed E-state index contributed by atoms with van der Waals surface area (Å²) in [5.41, 5.74) is 1.08. The highest BCUT2D eigenvalue weighted by atomic mass is 32.1. The van der Waals surface area contributed by atoms with Crippen molar-refractivity contribution in [2.24, 2.45) is 0 Å². The molecule has 0 aromatic carbocycles. The van der Waals surface area contributed by atoms with Crippen LogP contribution in [0.1, 0.15) is 34.3 Å². The number of hydrogen-bond donors (Lipinski definition) is 1. The minimum atomic E-state index is -1.07. The van der Waals surface area contributed by atoms with Crippen molar-refractivity contribution < 1.29 is 23.8 Å². The number of aryl methyl sites for hydroxylation is 1. The van der Waals surface area contributed by atoms with Crippen molar-refractivity contribution in [3.63, 3.8) is 0 Å². The van der Waals surface area contributed by atoms with E-state index >= 15 is 0 Å². The number of methoxy groups -OCH3 is 1. The van der Waals surface area contributed by atoms with Crippen LogP contribution in [0.5, 0.6) is 0 Å². The third-order valence-electron chi connectivity index (χ3n) is 4.47. The van der Waals surface area contributed by atoms with Gasteiger partial charge in [-0.1, -0.05) is 0 Å². The van der Waals surface area contributed by atoms with Crippen LogP contribution in [-0.4, -0.2) is 35.0 Å². The molecule has 1 N–H and O–H groups in total. The maximum Gasteiger partial charge on any atom is 0.307 e. The predicted octanol–water partition coefficient (Wildman–Crippen LogP) is 3.79. The molecule has 2 aliphatic rings. The fourth-order valence-electron chi connectivity index (χ4n) is 3.36. The third-order valence-corrected chi connectivity index (χ3v) is 5.45. The van der Waals surface area contributed by atoms with Crippen molar-refractivity contribution in [2.45, 2.75) is 32.7 Å². The van der Waals surface area contributed by atoms with E-state index in [1.807, 2.05) is 13.0 Å². The summed E-state index contributed by atoms with van der Waals surface area (Å²) < 4.78 is 19.9. The fourth-order valence-corrected chi connectivity index (χ4v) is 4.16. The molecule has 1 aromatic rings. The molecule has 1 atom stereocenters. The highest BCUT2D eigenvalue weighted by Crippen LogP contribution is 2.44. The molecule has 0 spiro atoms. The number of aliphatic carboxylic acids is 1. The Morgan fingerprint density at radius 2 is 2.12 bits per heavy atom. The standard InChI is InChI=1S/C18H18FNO4S/c1-9-4-7-14(25-9)18(23)20-10(2)11(8-15(21)22)16-12(20)5-6-13(24-3)17(16)19/h4,6-7,12H,5,8H2,1-3H3,(H,21,22). The second kappa shape index (κ2) is 6.48. The molecule has 25 heavy (non-hydrogen) atoms. The lowest BCUT2D eigenvalue weighted by Gasteiger charge is -2.28. The van der Waals surface area contributed by atoms with Gasteiger partial charge in [-0.05, 0) is 44.1 Å². The van der Waals surface area contributed by atoms with Crippen molar-refractivity contribution >= 4 is 23.2 Å². The number of nitrogens with zero attached hydrogens (tertiary/aromatic N) is 1. The number of carbonyl (C=O) groups excluding carboxylic acids is 1. The molecule has 1 amide bonds. The van der Waals surface area contributed by atoms with Crippen LogP contribution in [0.15, 0.2) is 46.6 Å². The molecular weight excluding hydrogens is 345 g/mol. The maximum atomic E-state index is 14.8. The van der Waals surface area contributed by atoms with Crippen molar-refractivity contribution in [2.75, 3.05) is 7.11 Å². The molecule has 0 saturated heterocycles. The van der Waals surface area contributed by atoms with Gasteiger partial charge in [-0.15, -0.1) is 11.3 Å². The minimum Gasteiger partial charge on any atom is -0.494 e. The lowest BCUT2D eigenvalue weighted by Crippen LogP contribution is -2.36. The molecule has 3 rings (SSSR count). The molecule has 7 heteroatoms. The normalized spacial score (nSPS) is 19.9. The van der Waals surface area contributed by atoms with E-state index in [0.29, 0.717) is 22.6 Å². The number of hydrogen-bond acceptors (Lipinski definition) is 4. The Morgan fingerprint density at radius 1 is 1.40 bits per heavy atom. The van der Waals surface area contributed by atoms with Gasteiger partial charge < -0.3 is 14.7 Å². The van der Waals surface area contributed by atoms with Crippen molar-refractivity contribution in [3.05, 3.63) is 56.4 Å². The summed E-state index contributed by atoms with van der Waals surface area (Å²) >= 11 is 1.37. The van der Waals surface area contributed by atoms with Crippen molar-refractivity contribution in [1.82, 2.24) is 4.90 Å². The summed E-state index contributed by atoms with van der Waals surface area (Å²) in [6.45, 7) is 3.57. The van der Waals surface area contributed by atoms with E-state index in [9.17, 15) is 19.1 Å². The minimum absolute atomic E-state index is 0.0863. The zero-order valence-electron chi connectivity index (χ0n) is 14.1. The molecule has 0 saturated carbocycles. The number of carboxylic acid groups (broad SMARTS) is 1. The molecule has 132 valence electrons. The SMILES string of the molecule is COC1=CCC2C(=C1F)C(CC(=O)O)=C(C)N2C(=O)c1ccc(C)s1. The number of carboxylic acids is 1. The van der Waals surface area contributed by atoms with E-state index in [1.54, 1.807) is 19.1 Å². The summed E-state index contributed by atoms with van der Waals surface area (Å²) in [4.78, 5) is 27.3. The predicted molar refractivity (Wildman–Crippen MR) is 91.8 cm³/mol. The van der Waals surface area contributed by atoms with Crippen LogP contribution in [0.3, 0.4) is 0 Å². The van der Waals surface area contributed by atoms with Crippen LogP contribution in [0.4, 0.5) is 4.39 Å². The summed E-state index contributed by atoms with van der Waals surface area (Å²) in [7, 11) is 1.37. The summed E-state index contributed by atoms with van der Waals surface area (Å²) in [5, 5.41) is 9.21. The Kier molecular flexibility index (Phi) is 4.51. The lowest BCUT2D eigenvalue weighted by atomic mass is 9.92. The molecule has 0 fully saturated rings. The molecule has 2 heterocycles. The quantitative estimate of drug-likeness (QED) is 0.884. The first-order valence-electron chi connectivity index (χ1n) is 7.81. The van der Waals surface area contributed by atoms with Gasteiger partial charge in [0.15, 0.2) is 11.6 Å². The topological polar surface area (TPSA) is 66.8 Å². The molecule has 5 nitrogen and oxygen atoms in total. The first-order chi connectivity index (χ1) is 11.8. The monoisotopic (exact) mass is 363 g/mol. The number of ether oxygens (including phenoxy) is 1. The van der Waals surface area contributed by atoms with Gasteiger partial charge in [0.1, 0.15) is 0 Å². The Balaban J connectivity index is 2.09. The van der Waals surface area contributed by atoms with Gasteiger partial charge >= 0.3 is 5.97 Å². The highest BCUT2D eigenvalue weighted by molar-refractivity contribution is 7.13. The first kappa shape index (κ1) is 17.4. The van der Waals surface area contributed by atoms with Crippen molar-refractivity contribution in [1.29, 1.82) is 0 Å². The van der Waals surface area contributed by atoms with Crippen LogP contribution < -0.4 is 0 Å². The van der Waals surface area contributed by atoms with E-state index in [0.717, 1.165) is 4.88 Å². The average Bonchev–Trinajstić information content (AvgIpc) is 3.10. The average molecular weight is 363 g/mol. The Labute approximate surface area is 148 Å². The smallest absolute Gasteiger partial charge is 0.307 e. The molecule has 1 aliphatic carbocycles. The summed E-state index contributed by atoms with van der Waals surface area (Å²) in [6.07, 6.45) is 1.64. The molecule has 1 aromatic heterocycles. The van der Waals surface area contributed by atoms with Gasteiger partial charge in [-0.2, -0.15) is 0 Å². The fraction of sp³-hybridized carbons (Fsp3) is 0.333. The van der Waals surface area contributed by atoms with E-state index < -0.39 is 17.8 Å². The largest absolute Gasteiger partial charge is 0.494 e. The lowest BCUT2D eigenvalue weighted by molar-refractivity contribution is -0.136. The van der Waals surface area contributed by atoms with E-state index in [1.165, 1.54) is 23.3 Å². The second-order valence-electron chi connectivity index (χ2n) is 5.97. The van der Waals surface area contributed by atoms with Crippen LogP contribution in [-0.2, 0) is 9.53 Å². The number of fused-ring (bicyclic) bond motifs is 1. The van der Waals surface area contributed by atoms with Crippen LogP contribution >= 0.6 is 11.3 Å². The van der Waals surface area contributed by atoms with Gasteiger partial charge in [0.2, 0.25) is 0 Å². The summed E-state index contributed by atoms with van der Waals surface area (Å²) in [5.74, 6) is -1.81. The number of rotatable bonds is 4. The van der Waals surface area contributed by atoms with Gasteiger partial charge in [0, 0.05) is 16.1 Å². The Morgan fingerprint density at radius 3 is 2.68 bits per heavy atom. The van der Waals surface area contributed by atoms with Gasteiger partial charge in [0.25, 0.3) is 5.91 Å². The molecule has 0 radical (unpaired) electrons. The van der Waals surface area contributed by atoms with Crippen LogP contribution in [0.25, 0.3) is 0 Å². The molecule has 0 bridgehead atoms. The van der Waals surface area contributed by atoms with E-state index in [2.05, 4.69) is 0 Å². The number of amides is 1. The first-order valence-corrected chi connectivity index (χ1v) is 8.63. The van der Waals surface area contributed by atoms with Crippen LogP contribution in [0.2, 0.25) is 0 Å². The number of carbonyl (C=O) groups is 2. The maximum absolute atomic E-state index is 14.8. The highest BCUT2D eigenvalue weighted by Gasteiger charge is 2.43. The molecular formula is C18H18FNO4S. The number of allylic oxidation sites excluding steroid dienone is 2. The van der Waals surface area contributed by atoms with Gasteiger partial charge in [-0.25, -0.2) is 4.39 Å². The number of thiophene rings is 1. The van der Waals surface area contributed by atoms with E-state index in [-0.39, 0.29) is 23.7 Å². The van der Waals surface area contributed by atoms with Gasteiger partial charge in [0.05, 0.1) is 24.4 Å². The van der Waals surface area contributed by atoms with Crippen LogP contribution in [0, 0.1) is 6.92 Å². The molecule has 1 unspecified atom stereocenters. The zero-order chi connectivity index (χ0) is 18.3. The second-order valence-corrected chi connectivity index (χ2v) is 7.26. The zero-order valence-corrected chi connectivity index (χ0v) is 14.9. The summed E-state index contributed by atoms with van der Waals surface area (Å²) in [6, 6.07) is 3.05. The third kappa shape index (κ3) is 2.89. The molecule has 1 aliphatic heterocycles. The van der Waals surface area contributed by atoms with E-state index in [4.69, 9.17) is 4.74 Å². The van der Waals surface area contributed by atoms with Crippen molar-refractivity contribution in [3.8, 4) is 0 Å². The Hall–Kier alpha value is -2.41. The van der Waals surface area contributed by atoms with Gasteiger partial charge in [-0.3, -0.25) is 9.59 Å².